The van der Waals surface area contributed by atoms with Gasteiger partial charge >= 0.3 is 0 Å². The van der Waals surface area contributed by atoms with Crippen LogP contribution in [-0.4, -0.2) is 33.9 Å². The quantitative estimate of drug-likeness (QED) is 0.939. The summed E-state index contributed by atoms with van der Waals surface area (Å²) in [4.78, 5) is 4.51. The van der Waals surface area contributed by atoms with Crippen molar-refractivity contribution in [2.45, 2.75) is 52.2 Å². The summed E-state index contributed by atoms with van der Waals surface area (Å²) in [5.74, 6) is 1.32. The first-order valence-corrected chi connectivity index (χ1v) is 7.57. The molecule has 0 amide bonds. The van der Waals surface area contributed by atoms with E-state index in [1.54, 1.807) is 13.3 Å². The van der Waals surface area contributed by atoms with Crippen molar-refractivity contribution in [1.29, 1.82) is 0 Å². The van der Waals surface area contributed by atoms with Crippen LogP contribution in [0.5, 0.6) is 0 Å². The van der Waals surface area contributed by atoms with Gasteiger partial charge in [0.2, 0.25) is 0 Å². The summed E-state index contributed by atoms with van der Waals surface area (Å²) in [7, 11) is 1.79. The molecule has 2 aromatic rings. The third kappa shape index (κ3) is 2.29. The van der Waals surface area contributed by atoms with Crippen molar-refractivity contribution in [2.24, 2.45) is 5.41 Å². The number of aromatic nitrogens is 3. The van der Waals surface area contributed by atoms with Crippen molar-refractivity contribution < 1.29 is 4.74 Å². The maximum atomic E-state index is 5.51. The topological polar surface area (TPSA) is 51.5 Å². The van der Waals surface area contributed by atoms with Crippen LogP contribution in [-0.2, 0) is 4.74 Å². The normalized spacial score (nSPS) is 24.3. The smallest absolute Gasteiger partial charge is 0.152 e. The van der Waals surface area contributed by atoms with E-state index in [-0.39, 0.29) is 5.41 Å². The van der Waals surface area contributed by atoms with E-state index in [9.17, 15) is 0 Å². The van der Waals surface area contributed by atoms with E-state index < -0.39 is 0 Å². The monoisotopic (exact) mass is 288 g/mol. The molecule has 2 heterocycles. The number of ether oxygens (including phenoxy) is 1. The van der Waals surface area contributed by atoms with Gasteiger partial charge in [-0.25, -0.2) is 9.50 Å². The molecule has 5 heteroatoms. The van der Waals surface area contributed by atoms with Crippen molar-refractivity contribution in [2.75, 3.05) is 12.4 Å². The molecule has 1 fully saturated rings. The van der Waals surface area contributed by atoms with E-state index in [0.29, 0.717) is 18.1 Å². The molecule has 1 saturated carbocycles. The number of nitrogens with one attached hydrogen (secondary N) is 1. The Kier molecular flexibility index (Phi) is 3.40. The zero-order valence-electron chi connectivity index (χ0n) is 13.4. The first-order chi connectivity index (χ1) is 9.93. The number of anilines is 1. The summed E-state index contributed by atoms with van der Waals surface area (Å²) in [6, 6.07) is 2.50. The molecule has 1 N–H and O–H groups in total. The van der Waals surface area contributed by atoms with E-state index in [1.807, 2.05) is 10.7 Å². The molecule has 5 nitrogen and oxygen atoms in total. The Morgan fingerprint density at radius 1 is 1.43 bits per heavy atom. The molecular weight excluding hydrogens is 264 g/mol. The van der Waals surface area contributed by atoms with Crippen LogP contribution in [0.25, 0.3) is 5.52 Å². The Bertz CT molecular complexity index is 647. The van der Waals surface area contributed by atoms with Crippen molar-refractivity contribution in [1.82, 2.24) is 14.6 Å². The number of nitrogens with zero attached hydrogens (tertiary/aromatic N) is 3. The first kappa shape index (κ1) is 14.3. The lowest BCUT2D eigenvalue weighted by Gasteiger charge is -2.51. The van der Waals surface area contributed by atoms with E-state index in [2.05, 4.69) is 49.2 Å². The second-order valence-electron chi connectivity index (χ2n) is 6.81. The third-order valence-electron chi connectivity index (χ3n) is 4.77. The Labute approximate surface area is 125 Å². The first-order valence-electron chi connectivity index (χ1n) is 7.57. The molecule has 0 radical (unpaired) electrons. The average molecular weight is 288 g/mol. The fourth-order valence-corrected chi connectivity index (χ4v) is 3.03. The molecular formula is C16H24N4O. The van der Waals surface area contributed by atoms with Gasteiger partial charge in [-0.1, -0.05) is 27.7 Å². The van der Waals surface area contributed by atoms with E-state index in [1.165, 1.54) is 0 Å². The fraction of sp³-hybridized carbons (Fsp3) is 0.625. The summed E-state index contributed by atoms with van der Waals surface area (Å²) in [5, 5.41) is 8.18. The minimum atomic E-state index is 0.115. The molecule has 3 rings (SSSR count). The summed E-state index contributed by atoms with van der Waals surface area (Å²) in [6.07, 6.45) is 5.02. The highest BCUT2D eigenvalue weighted by Crippen LogP contribution is 2.44. The molecule has 21 heavy (non-hydrogen) atoms. The van der Waals surface area contributed by atoms with Crippen LogP contribution >= 0.6 is 0 Å². The molecule has 1 aliphatic carbocycles. The van der Waals surface area contributed by atoms with E-state index >= 15 is 0 Å². The van der Waals surface area contributed by atoms with Gasteiger partial charge in [-0.05, 0) is 18.4 Å². The molecule has 2 unspecified atom stereocenters. The summed E-state index contributed by atoms with van der Waals surface area (Å²) < 4.78 is 7.42. The largest absolute Gasteiger partial charge is 0.381 e. The SMILES string of the molecule is COC1CC(Nc2nccn3nc(C(C)C)cc23)C1(C)C. The highest BCUT2D eigenvalue weighted by molar-refractivity contribution is 5.68. The van der Waals surface area contributed by atoms with Crippen LogP contribution in [0, 0.1) is 5.41 Å². The Balaban J connectivity index is 1.88. The van der Waals surface area contributed by atoms with Crippen LogP contribution in [0.15, 0.2) is 18.5 Å². The third-order valence-corrected chi connectivity index (χ3v) is 4.77. The standard InChI is InChI=1S/C16H24N4O/c1-10(2)11-8-12-15(17-6-7-20(12)19-11)18-13-9-14(21-5)16(13,3)4/h6-8,10,13-14H,9H2,1-5H3,(H,17,18). The second kappa shape index (κ2) is 4.98. The van der Waals surface area contributed by atoms with E-state index in [4.69, 9.17) is 4.74 Å². The van der Waals surface area contributed by atoms with Gasteiger partial charge in [0.1, 0.15) is 5.52 Å². The minimum absolute atomic E-state index is 0.115. The highest BCUT2D eigenvalue weighted by Gasteiger charge is 2.48. The average Bonchev–Trinajstić information content (AvgIpc) is 2.87. The van der Waals surface area contributed by atoms with Crippen molar-refractivity contribution in [3.8, 4) is 0 Å². The lowest BCUT2D eigenvalue weighted by molar-refractivity contribution is -0.0795. The molecule has 1 aliphatic rings. The molecule has 114 valence electrons. The molecule has 0 aliphatic heterocycles. The maximum absolute atomic E-state index is 5.51. The number of methoxy groups -OCH3 is 1. The minimum Gasteiger partial charge on any atom is -0.381 e. The number of rotatable bonds is 4. The van der Waals surface area contributed by atoms with Gasteiger partial charge in [-0.3, -0.25) is 0 Å². The van der Waals surface area contributed by atoms with Gasteiger partial charge in [0.05, 0.1) is 11.8 Å². The van der Waals surface area contributed by atoms with Crippen LogP contribution < -0.4 is 5.32 Å². The highest BCUT2D eigenvalue weighted by atomic mass is 16.5. The molecule has 0 spiro atoms. The number of hydrogen-bond acceptors (Lipinski definition) is 4. The molecule has 2 atom stereocenters. The predicted molar refractivity (Wildman–Crippen MR) is 83.7 cm³/mol. The van der Waals surface area contributed by atoms with Crippen molar-refractivity contribution in [3.05, 3.63) is 24.2 Å². The van der Waals surface area contributed by atoms with Crippen molar-refractivity contribution in [3.63, 3.8) is 0 Å². The van der Waals surface area contributed by atoms with Gasteiger partial charge in [-0.15, -0.1) is 0 Å². The van der Waals surface area contributed by atoms with E-state index in [0.717, 1.165) is 23.4 Å². The Morgan fingerprint density at radius 3 is 2.81 bits per heavy atom. The Hall–Kier alpha value is -1.62. The van der Waals surface area contributed by atoms with Gasteiger partial charge in [0, 0.05) is 31.0 Å². The summed E-state index contributed by atoms with van der Waals surface area (Å²) in [6.45, 7) is 8.78. The second-order valence-corrected chi connectivity index (χ2v) is 6.81. The lowest BCUT2D eigenvalue weighted by atomic mass is 9.64. The predicted octanol–water partition coefficient (Wildman–Crippen LogP) is 3.08. The van der Waals surface area contributed by atoms with Crippen LogP contribution in [0.4, 0.5) is 5.82 Å². The fourth-order valence-electron chi connectivity index (χ4n) is 3.03. The van der Waals surface area contributed by atoms with Gasteiger partial charge in [0.15, 0.2) is 5.82 Å². The van der Waals surface area contributed by atoms with Gasteiger partial charge in [-0.2, -0.15) is 5.10 Å². The molecule has 2 aromatic heterocycles. The van der Waals surface area contributed by atoms with Crippen LogP contribution in [0.1, 0.15) is 45.7 Å². The van der Waals surface area contributed by atoms with Crippen molar-refractivity contribution >= 4 is 11.3 Å². The molecule has 0 saturated heterocycles. The van der Waals surface area contributed by atoms with Crippen LogP contribution in [0.3, 0.4) is 0 Å². The lowest BCUT2D eigenvalue weighted by Crippen LogP contribution is -2.57. The van der Waals surface area contributed by atoms with Crippen LogP contribution in [0.2, 0.25) is 0 Å². The number of hydrogen-bond donors (Lipinski definition) is 1. The molecule has 0 aromatic carbocycles. The van der Waals surface area contributed by atoms with Gasteiger partial charge in [0.25, 0.3) is 0 Å². The summed E-state index contributed by atoms with van der Waals surface area (Å²) >= 11 is 0. The Morgan fingerprint density at radius 2 is 2.19 bits per heavy atom. The zero-order chi connectivity index (χ0) is 15.2. The summed E-state index contributed by atoms with van der Waals surface area (Å²) in [5.41, 5.74) is 2.25. The number of fused-ring (bicyclic) bond motifs is 1. The molecule has 0 bridgehead atoms. The maximum Gasteiger partial charge on any atom is 0.152 e. The van der Waals surface area contributed by atoms with Gasteiger partial charge < -0.3 is 10.1 Å². The zero-order valence-corrected chi connectivity index (χ0v) is 13.4.